The molecule has 0 unspecified atom stereocenters. The van der Waals surface area contributed by atoms with E-state index in [9.17, 15) is 4.79 Å². The fourth-order valence-electron chi connectivity index (χ4n) is 1.12. The first kappa shape index (κ1) is 8.94. The van der Waals surface area contributed by atoms with Gasteiger partial charge in [0.1, 0.15) is 0 Å². The lowest BCUT2D eigenvalue weighted by molar-refractivity contribution is 0.0985. The van der Waals surface area contributed by atoms with Gasteiger partial charge < -0.3 is 5.11 Å². The minimum atomic E-state index is -0.0675. The molecule has 2 nitrogen and oxygen atoms in total. The molecule has 0 aliphatic heterocycles. The number of aliphatic hydroxyl groups is 1. The molecule has 2 heteroatoms. The van der Waals surface area contributed by atoms with Crippen molar-refractivity contribution < 1.29 is 9.90 Å². The molecule has 0 radical (unpaired) electrons. The van der Waals surface area contributed by atoms with Crippen LogP contribution >= 0.6 is 0 Å². The van der Waals surface area contributed by atoms with Gasteiger partial charge in [-0.1, -0.05) is 31.2 Å². The fourth-order valence-corrected chi connectivity index (χ4v) is 1.12. The predicted octanol–water partition coefficient (Wildman–Crippen LogP) is 1.77. The maximum Gasteiger partial charge on any atom is 0.162 e. The third kappa shape index (κ3) is 1.71. The third-order valence-electron chi connectivity index (χ3n) is 1.81. The Morgan fingerprint density at radius 3 is 2.67 bits per heavy atom. The summed E-state index contributed by atoms with van der Waals surface area (Å²) in [6.45, 7) is 1.75. The van der Waals surface area contributed by atoms with Crippen LogP contribution in [0.25, 0.3) is 0 Å². The highest BCUT2D eigenvalue weighted by atomic mass is 16.3. The number of rotatable bonds is 3. The molecule has 1 N–H and O–H groups in total. The summed E-state index contributed by atoms with van der Waals surface area (Å²) >= 11 is 0. The normalized spacial score (nSPS) is 9.83. The van der Waals surface area contributed by atoms with Crippen LogP contribution in [0.5, 0.6) is 0 Å². The van der Waals surface area contributed by atoms with Crippen molar-refractivity contribution in [3.63, 3.8) is 0 Å². The van der Waals surface area contributed by atoms with Gasteiger partial charge in [0.25, 0.3) is 0 Å². The van der Waals surface area contributed by atoms with E-state index in [1.807, 2.05) is 19.1 Å². The number of hydrogen-bond acceptors (Lipinski definition) is 2. The standard InChI is InChI=1S/C10H12O2/c1-2-10(12)9-6-4-3-5-8(9)7-11/h3-6,11H,2,7H2,1H3. The molecular formula is C10H12O2. The van der Waals surface area contributed by atoms with E-state index in [-0.39, 0.29) is 12.4 Å². The molecule has 64 valence electrons. The second kappa shape index (κ2) is 4.02. The highest BCUT2D eigenvalue weighted by molar-refractivity contribution is 5.97. The second-order valence-electron chi connectivity index (χ2n) is 2.59. The van der Waals surface area contributed by atoms with Gasteiger partial charge in [-0.2, -0.15) is 0 Å². The first-order chi connectivity index (χ1) is 5.79. The molecule has 1 aromatic carbocycles. The number of carbonyl (C=O) groups is 1. The Kier molecular flexibility index (Phi) is 3.00. The lowest BCUT2D eigenvalue weighted by Crippen LogP contribution is -2.01. The van der Waals surface area contributed by atoms with Crippen LogP contribution in [0.3, 0.4) is 0 Å². The molecule has 0 heterocycles. The molecule has 0 aliphatic rings. The van der Waals surface area contributed by atoms with Crippen molar-refractivity contribution in [3.8, 4) is 0 Å². The van der Waals surface area contributed by atoms with Gasteiger partial charge >= 0.3 is 0 Å². The lowest BCUT2D eigenvalue weighted by Gasteiger charge is -2.03. The average molecular weight is 164 g/mol. The topological polar surface area (TPSA) is 37.3 Å². The second-order valence-corrected chi connectivity index (χ2v) is 2.59. The number of benzene rings is 1. The fraction of sp³-hybridized carbons (Fsp3) is 0.300. The lowest BCUT2D eigenvalue weighted by atomic mass is 10.0. The van der Waals surface area contributed by atoms with E-state index in [1.165, 1.54) is 0 Å². The summed E-state index contributed by atoms with van der Waals surface area (Å²) in [5.74, 6) is 0.0830. The molecule has 0 saturated heterocycles. The van der Waals surface area contributed by atoms with Crippen LogP contribution in [0.4, 0.5) is 0 Å². The van der Waals surface area contributed by atoms with Crippen molar-refractivity contribution in [3.05, 3.63) is 35.4 Å². The van der Waals surface area contributed by atoms with Crippen molar-refractivity contribution in [2.45, 2.75) is 20.0 Å². The first-order valence-electron chi connectivity index (χ1n) is 4.01. The number of Topliss-reactive ketones (excluding diaryl/α,β-unsaturated/α-hetero) is 1. The molecule has 0 spiro atoms. The zero-order valence-electron chi connectivity index (χ0n) is 7.08. The van der Waals surface area contributed by atoms with Crippen LogP contribution in [0, 0.1) is 0 Å². The van der Waals surface area contributed by atoms with Gasteiger partial charge in [-0.15, -0.1) is 0 Å². The zero-order valence-corrected chi connectivity index (χ0v) is 7.08. The van der Waals surface area contributed by atoms with Crippen LogP contribution in [-0.4, -0.2) is 10.9 Å². The Morgan fingerprint density at radius 1 is 1.42 bits per heavy atom. The number of hydrogen-bond donors (Lipinski definition) is 1. The van der Waals surface area contributed by atoms with Gasteiger partial charge in [-0.05, 0) is 5.56 Å². The van der Waals surface area contributed by atoms with Gasteiger partial charge in [-0.3, -0.25) is 4.79 Å². The summed E-state index contributed by atoms with van der Waals surface area (Å²) in [5, 5.41) is 8.91. The molecule has 0 atom stereocenters. The van der Waals surface area contributed by atoms with E-state index >= 15 is 0 Å². The van der Waals surface area contributed by atoms with Crippen molar-refractivity contribution in [2.75, 3.05) is 0 Å². The Balaban J connectivity index is 3.04. The molecule has 0 aromatic heterocycles. The Bertz CT molecular complexity index is 279. The highest BCUT2D eigenvalue weighted by Gasteiger charge is 2.06. The molecule has 1 rings (SSSR count). The quantitative estimate of drug-likeness (QED) is 0.691. The number of aliphatic hydroxyl groups excluding tert-OH is 1. The molecule has 0 amide bonds. The Hall–Kier alpha value is -1.15. The van der Waals surface area contributed by atoms with Gasteiger partial charge in [0.2, 0.25) is 0 Å². The summed E-state index contributed by atoms with van der Waals surface area (Å²) in [6, 6.07) is 7.14. The molecule has 0 saturated carbocycles. The van der Waals surface area contributed by atoms with E-state index in [4.69, 9.17) is 5.11 Å². The highest BCUT2D eigenvalue weighted by Crippen LogP contribution is 2.10. The van der Waals surface area contributed by atoms with Crippen LogP contribution in [0.1, 0.15) is 29.3 Å². The van der Waals surface area contributed by atoms with Gasteiger partial charge in [0.05, 0.1) is 6.61 Å². The smallest absolute Gasteiger partial charge is 0.162 e. The van der Waals surface area contributed by atoms with E-state index in [2.05, 4.69) is 0 Å². The minimum absolute atomic E-state index is 0.0675. The summed E-state index contributed by atoms with van der Waals surface area (Å²) in [6.07, 6.45) is 0.483. The number of ketones is 1. The maximum atomic E-state index is 11.3. The molecule has 0 fully saturated rings. The van der Waals surface area contributed by atoms with Crippen LogP contribution < -0.4 is 0 Å². The molecule has 1 aromatic rings. The first-order valence-corrected chi connectivity index (χ1v) is 4.01. The summed E-state index contributed by atoms with van der Waals surface area (Å²) in [5.41, 5.74) is 1.35. The minimum Gasteiger partial charge on any atom is -0.392 e. The van der Waals surface area contributed by atoms with Crippen molar-refractivity contribution in [1.82, 2.24) is 0 Å². The van der Waals surface area contributed by atoms with Gasteiger partial charge in [0, 0.05) is 12.0 Å². The number of carbonyl (C=O) groups excluding carboxylic acids is 1. The third-order valence-corrected chi connectivity index (χ3v) is 1.81. The SMILES string of the molecule is CCC(=O)c1ccccc1CO. The summed E-state index contributed by atoms with van der Waals surface area (Å²) in [4.78, 5) is 11.3. The van der Waals surface area contributed by atoms with Gasteiger partial charge in [0.15, 0.2) is 5.78 Å². The van der Waals surface area contributed by atoms with Gasteiger partial charge in [-0.25, -0.2) is 0 Å². The largest absolute Gasteiger partial charge is 0.392 e. The summed E-state index contributed by atoms with van der Waals surface area (Å²) in [7, 11) is 0. The van der Waals surface area contributed by atoms with Crippen LogP contribution in [0.15, 0.2) is 24.3 Å². The molecular weight excluding hydrogens is 152 g/mol. The molecule has 12 heavy (non-hydrogen) atoms. The van der Waals surface area contributed by atoms with E-state index < -0.39 is 0 Å². The van der Waals surface area contributed by atoms with Crippen molar-refractivity contribution >= 4 is 5.78 Å². The van der Waals surface area contributed by atoms with Crippen molar-refractivity contribution in [2.24, 2.45) is 0 Å². The van der Waals surface area contributed by atoms with Crippen molar-refractivity contribution in [1.29, 1.82) is 0 Å². The van der Waals surface area contributed by atoms with E-state index in [1.54, 1.807) is 12.1 Å². The maximum absolute atomic E-state index is 11.3. The predicted molar refractivity (Wildman–Crippen MR) is 47.0 cm³/mol. The van der Waals surface area contributed by atoms with Crippen LogP contribution in [-0.2, 0) is 6.61 Å². The van der Waals surface area contributed by atoms with E-state index in [0.29, 0.717) is 17.5 Å². The Labute approximate surface area is 71.8 Å². The zero-order chi connectivity index (χ0) is 8.97. The Morgan fingerprint density at radius 2 is 2.08 bits per heavy atom. The average Bonchev–Trinajstić information content (AvgIpc) is 2.16. The van der Waals surface area contributed by atoms with E-state index in [0.717, 1.165) is 0 Å². The van der Waals surface area contributed by atoms with Crippen LogP contribution in [0.2, 0.25) is 0 Å². The summed E-state index contributed by atoms with van der Waals surface area (Å²) < 4.78 is 0. The molecule has 0 bridgehead atoms. The monoisotopic (exact) mass is 164 g/mol. The molecule has 0 aliphatic carbocycles.